The molecule has 31 heavy (non-hydrogen) atoms. The zero-order valence-electron chi connectivity index (χ0n) is 20.8. The Hall–Kier alpha value is -0.569. The quantitative estimate of drug-likeness (QED) is 0.168. The molecule has 0 radical (unpaired) electrons. The van der Waals surface area contributed by atoms with Crippen LogP contribution >= 0.6 is 0 Å². The Labute approximate surface area is 192 Å². The number of hydrogen-bond acceptors (Lipinski definition) is 6. The predicted molar refractivity (Wildman–Crippen MR) is 133 cm³/mol. The van der Waals surface area contributed by atoms with Crippen molar-refractivity contribution in [3.63, 3.8) is 0 Å². The van der Waals surface area contributed by atoms with E-state index < -0.39 is 37.1 Å². The van der Waals surface area contributed by atoms with Gasteiger partial charge in [0.25, 0.3) is 0 Å². The van der Waals surface area contributed by atoms with E-state index in [1.165, 1.54) is 0 Å². The lowest BCUT2D eigenvalue weighted by molar-refractivity contribution is -0.138. The molecule has 2 unspecified atom stereocenters. The number of rotatable bonds is 18. The van der Waals surface area contributed by atoms with Gasteiger partial charge in [0.15, 0.2) is 16.6 Å². The van der Waals surface area contributed by atoms with Crippen molar-refractivity contribution in [3.05, 3.63) is 0 Å². The van der Waals surface area contributed by atoms with Crippen LogP contribution in [0.25, 0.3) is 0 Å². The van der Waals surface area contributed by atoms with Crippen molar-refractivity contribution in [3.8, 4) is 0 Å². The summed E-state index contributed by atoms with van der Waals surface area (Å²) in [5.41, 5.74) is 0. The smallest absolute Gasteiger partial charge is 0.311 e. The molecular weight excluding hydrogens is 448 g/mol. The second kappa shape index (κ2) is 13.9. The summed E-state index contributed by atoms with van der Waals surface area (Å²) in [4.78, 5) is 21.5. The minimum absolute atomic E-state index is 0.0225. The third-order valence-corrected chi connectivity index (χ3v) is 16.4. The van der Waals surface area contributed by atoms with Crippen LogP contribution in [-0.4, -0.2) is 72.5 Å². The molecule has 184 valence electrons. The SMILES string of the molecule is CC(CC(=O)O)NCCC[Si](C)(C)O[Si](C)(C)O[Si](C)(C)CCCNC(C)CC(=O)O. The number of aliphatic carboxylic acids is 2. The fourth-order valence-corrected chi connectivity index (χ4v) is 17.9. The predicted octanol–water partition coefficient (Wildman–Crippen LogP) is 3.82. The van der Waals surface area contributed by atoms with Crippen molar-refractivity contribution >= 4 is 37.1 Å². The molecule has 4 N–H and O–H groups in total. The van der Waals surface area contributed by atoms with Crippen LogP contribution in [0.5, 0.6) is 0 Å². The molecule has 0 aliphatic carbocycles. The van der Waals surface area contributed by atoms with Gasteiger partial charge in [-0.15, -0.1) is 0 Å². The van der Waals surface area contributed by atoms with Gasteiger partial charge < -0.3 is 29.1 Å². The summed E-state index contributed by atoms with van der Waals surface area (Å²) in [6, 6.07) is 1.97. The summed E-state index contributed by atoms with van der Waals surface area (Å²) in [5.74, 6) is -1.56. The normalized spacial score (nSPS) is 15.0. The highest BCUT2D eigenvalue weighted by Gasteiger charge is 2.39. The van der Waals surface area contributed by atoms with Gasteiger partial charge in [-0.3, -0.25) is 9.59 Å². The minimum atomic E-state index is -2.25. The first-order valence-corrected chi connectivity index (χ1v) is 20.4. The number of hydrogen-bond donors (Lipinski definition) is 4. The summed E-state index contributed by atoms with van der Waals surface area (Å²) in [6.07, 6.45) is 2.21. The Balaban J connectivity index is 4.35. The summed E-state index contributed by atoms with van der Waals surface area (Å²) in [5, 5.41) is 24.2. The summed E-state index contributed by atoms with van der Waals surface area (Å²) < 4.78 is 13.2. The third kappa shape index (κ3) is 17.6. The lowest BCUT2D eigenvalue weighted by atomic mass is 10.2. The van der Waals surface area contributed by atoms with Crippen molar-refractivity contribution in [2.45, 2.75) is 103 Å². The van der Waals surface area contributed by atoms with E-state index in [1.54, 1.807) is 0 Å². The average molecular weight is 495 g/mol. The molecule has 0 saturated carbocycles. The van der Waals surface area contributed by atoms with Crippen LogP contribution in [0, 0.1) is 0 Å². The Bertz CT molecular complexity index is 515. The van der Waals surface area contributed by atoms with Gasteiger partial charge in [-0.05, 0) is 91.1 Å². The first-order chi connectivity index (χ1) is 14.0. The topological polar surface area (TPSA) is 117 Å². The lowest BCUT2D eigenvalue weighted by Crippen LogP contribution is -2.52. The molecule has 0 aromatic rings. The van der Waals surface area contributed by atoms with Crippen LogP contribution in [0.1, 0.15) is 39.5 Å². The van der Waals surface area contributed by atoms with Crippen LogP contribution in [0.2, 0.25) is 51.4 Å². The lowest BCUT2D eigenvalue weighted by Gasteiger charge is -2.39. The highest BCUT2D eigenvalue weighted by atomic mass is 28.5. The van der Waals surface area contributed by atoms with E-state index in [2.05, 4.69) is 49.9 Å². The maximum Gasteiger partial charge on any atom is 0.311 e. The molecule has 2 atom stereocenters. The van der Waals surface area contributed by atoms with Gasteiger partial charge in [0.1, 0.15) is 0 Å². The third-order valence-electron chi connectivity index (χ3n) is 4.90. The Morgan fingerprint density at radius 2 is 1.06 bits per heavy atom. The number of carbonyl (C=O) groups is 2. The Morgan fingerprint density at radius 3 is 1.35 bits per heavy atom. The molecule has 0 saturated heterocycles. The van der Waals surface area contributed by atoms with E-state index in [1.807, 2.05) is 13.8 Å². The van der Waals surface area contributed by atoms with E-state index in [0.29, 0.717) is 0 Å². The molecule has 11 heteroatoms. The van der Waals surface area contributed by atoms with Gasteiger partial charge >= 0.3 is 20.5 Å². The first kappa shape index (κ1) is 30.4. The molecule has 0 heterocycles. The van der Waals surface area contributed by atoms with Crippen LogP contribution in [-0.2, 0) is 17.8 Å². The Morgan fingerprint density at radius 1 is 0.742 bits per heavy atom. The Kier molecular flexibility index (Phi) is 13.6. The van der Waals surface area contributed by atoms with Crippen molar-refractivity contribution in [2.24, 2.45) is 0 Å². The number of carboxylic acids is 2. The van der Waals surface area contributed by atoms with Crippen LogP contribution in [0.4, 0.5) is 0 Å². The molecule has 0 aliphatic heterocycles. The molecule has 0 aromatic heterocycles. The average Bonchev–Trinajstić information content (AvgIpc) is 2.52. The fraction of sp³-hybridized carbons (Fsp3) is 0.900. The van der Waals surface area contributed by atoms with Gasteiger partial charge in [0, 0.05) is 12.1 Å². The molecule has 0 amide bonds. The number of nitrogens with one attached hydrogen (secondary N) is 2. The molecular formula is C20H46N2O6Si3. The zero-order valence-corrected chi connectivity index (χ0v) is 23.8. The molecule has 0 aromatic carbocycles. The molecule has 0 bridgehead atoms. The van der Waals surface area contributed by atoms with Crippen LogP contribution < -0.4 is 10.6 Å². The molecule has 0 fully saturated rings. The molecule has 0 spiro atoms. The van der Waals surface area contributed by atoms with Gasteiger partial charge in [-0.25, -0.2) is 0 Å². The molecule has 0 rings (SSSR count). The molecule has 0 aliphatic rings. The highest BCUT2D eigenvalue weighted by molar-refractivity contribution is 6.87. The highest BCUT2D eigenvalue weighted by Crippen LogP contribution is 2.25. The van der Waals surface area contributed by atoms with E-state index in [4.69, 9.17) is 18.4 Å². The van der Waals surface area contributed by atoms with Gasteiger partial charge in [0.05, 0.1) is 12.8 Å². The van der Waals surface area contributed by atoms with Gasteiger partial charge in [-0.2, -0.15) is 0 Å². The maximum absolute atomic E-state index is 10.7. The van der Waals surface area contributed by atoms with Gasteiger partial charge in [0.2, 0.25) is 0 Å². The maximum atomic E-state index is 10.7. The second-order valence-electron chi connectivity index (χ2n) is 10.2. The number of carboxylic acid groups (broad SMARTS) is 2. The monoisotopic (exact) mass is 494 g/mol. The molecule has 8 nitrogen and oxygen atoms in total. The standard InChI is InChI=1S/C20H46N2O6Si3/c1-17(15-19(23)24)21-11-9-13-29(3,4)27-31(7,8)28-30(5,6)14-10-12-22-18(2)16-20(25)26/h17-18,21-22H,9-16H2,1-8H3,(H,23,24)(H,25,26). The summed E-state index contributed by atoms with van der Waals surface area (Å²) in [6.45, 7) is 18.6. The van der Waals surface area contributed by atoms with E-state index in [-0.39, 0.29) is 24.9 Å². The summed E-state index contributed by atoms with van der Waals surface area (Å²) >= 11 is 0. The second-order valence-corrected chi connectivity index (χ2v) is 22.7. The van der Waals surface area contributed by atoms with Crippen LogP contribution in [0.3, 0.4) is 0 Å². The van der Waals surface area contributed by atoms with Gasteiger partial charge in [-0.1, -0.05) is 0 Å². The summed E-state index contributed by atoms with van der Waals surface area (Å²) in [7, 11) is -6.01. The first-order valence-electron chi connectivity index (χ1n) is 11.3. The van der Waals surface area contributed by atoms with E-state index in [9.17, 15) is 9.59 Å². The van der Waals surface area contributed by atoms with Crippen molar-refractivity contribution < 1.29 is 28.0 Å². The van der Waals surface area contributed by atoms with Crippen LogP contribution in [0.15, 0.2) is 0 Å². The van der Waals surface area contributed by atoms with Crippen molar-refractivity contribution in [1.29, 1.82) is 0 Å². The largest absolute Gasteiger partial charge is 0.481 e. The van der Waals surface area contributed by atoms with E-state index >= 15 is 0 Å². The zero-order chi connectivity index (χ0) is 24.3. The fourth-order valence-electron chi connectivity index (χ4n) is 3.85. The van der Waals surface area contributed by atoms with E-state index in [0.717, 1.165) is 38.0 Å². The van der Waals surface area contributed by atoms with Crippen molar-refractivity contribution in [2.75, 3.05) is 13.1 Å². The van der Waals surface area contributed by atoms with Crippen molar-refractivity contribution in [1.82, 2.24) is 10.6 Å². The minimum Gasteiger partial charge on any atom is -0.481 e.